The largest absolute Gasteiger partial charge is 0.434 e. The molecule has 7 nitrogen and oxygen atoms in total. The van der Waals surface area contributed by atoms with Gasteiger partial charge in [0.1, 0.15) is 12.1 Å². The summed E-state index contributed by atoms with van der Waals surface area (Å²) in [5.41, 5.74) is 0.270. The first-order valence-electron chi connectivity index (χ1n) is 8.33. The maximum Gasteiger partial charge on any atom is 0.416 e. The Morgan fingerprint density at radius 3 is 2.38 bits per heavy atom. The Balaban J connectivity index is 1.98. The molecule has 1 aromatic heterocycles. The molecule has 0 fully saturated rings. The van der Waals surface area contributed by atoms with Crippen molar-refractivity contribution < 1.29 is 22.8 Å². The second-order valence-corrected chi connectivity index (χ2v) is 6.26. The zero-order valence-electron chi connectivity index (χ0n) is 15.3. The van der Waals surface area contributed by atoms with E-state index < -0.39 is 22.4 Å². The Hall–Kier alpha value is -3.69. The third kappa shape index (κ3) is 4.78. The zero-order valence-corrected chi connectivity index (χ0v) is 15.3. The molecule has 0 saturated heterocycles. The van der Waals surface area contributed by atoms with E-state index in [-0.39, 0.29) is 17.4 Å². The fraction of sp³-hybridized carbons (Fsp3) is 0.158. The number of rotatable bonds is 5. The lowest BCUT2D eigenvalue weighted by atomic mass is 10.1. The van der Waals surface area contributed by atoms with Crippen molar-refractivity contribution in [1.29, 1.82) is 0 Å². The van der Waals surface area contributed by atoms with Gasteiger partial charge in [0.05, 0.1) is 10.5 Å². The van der Waals surface area contributed by atoms with Crippen LogP contribution in [0.2, 0.25) is 0 Å². The molecule has 0 aliphatic rings. The second kappa shape index (κ2) is 7.74. The molecule has 0 saturated carbocycles. The number of alkyl halides is 3. The van der Waals surface area contributed by atoms with E-state index in [2.05, 4.69) is 15.3 Å². The highest BCUT2D eigenvalue weighted by atomic mass is 19.4. The molecule has 10 heteroatoms. The first kappa shape index (κ1) is 20.1. The van der Waals surface area contributed by atoms with Gasteiger partial charge in [-0.05, 0) is 55.3 Å². The van der Waals surface area contributed by atoms with Gasteiger partial charge >= 0.3 is 17.7 Å². The fourth-order valence-corrected chi connectivity index (χ4v) is 2.71. The topological polar surface area (TPSA) is 90.2 Å². The highest BCUT2D eigenvalue weighted by molar-refractivity contribution is 5.69. The molecule has 29 heavy (non-hydrogen) atoms. The predicted octanol–water partition coefficient (Wildman–Crippen LogP) is 5.56. The number of nitrogens with zero attached hydrogens (tertiary/aromatic N) is 3. The van der Waals surface area contributed by atoms with Crippen molar-refractivity contribution in [3.63, 3.8) is 0 Å². The summed E-state index contributed by atoms with van der Waals surface area (Å²) in [6, 6.07) is 9.51. The number of anilines is 2. The van der Waals surface area contributed by atoms with Crippen molar-refractivity contribution in [1.82, 2.24) is 9.97 Å². The van der Waals surface area contributed by atoms with Crippen LogP contribution in [0, 0.1) is 24.0 Å². The molecule has 0 atom stereocenters. The van der Waals surface area contributed by atoms with Crippen molar-refractivity contribution in [3.8, 4) is 11.6 Å². The molecule has 1 N–H and O–H groups in total. The van der Waals surface area contributed by atoms with Gasteiger partial charge in [0.2, 0.25) is 5.82 Å². The van der Waals surface area contributed by atoms with E-state index in [1.807, 2.05) is 19.9 Å². The van der Waals surface area contributed by atoms with Gasteiger partial charge in [-0.3, -0.25) is 10.1 Å². The van der Waals surface area contributed by atoms with Crippen LogP contribution in [0.1, 0.15) is 16.7 Å². The monoisotopic (exact) mass is 404 g/mol. The molecular weight excluding hydrogens is 389 g/mol. The first-order valence-corrected chi connectivity index (χ1v) is 8.33. The van der Waals surface area contributed by atoms with Gasteiger partial charge in [0.15, 0.2) is 0 Å². The van der Waals surface area contributed by atoms with Crippen LogP contribution in [-0.4, -0.2) is 14.9 Å². The number of halogens is 3. The van der Waals surface area contributed by atoms with Gasteiger partial charge < -0.3 is 10.1 Å². The predicted molar refractivity (Wildman–Crippen MR) is 99.4 cm³/mol. The molecule has 3 aromatic rings. The molecule has 3 rings (SSSR count). The smallest absolute Gasteiger partial charge is 0.416 e. The summed E-state index contributed by atoms with van der Waals surface area (Å²) in [4.78, 5) is 18.5. The average Bonchev–Trinajstić information content (AvgIpc) is 2.60. The fourth-order valence-electron chi connectivity index (χ4n) is 2.71. The SMILES string of the molecule is Cc1cc(C)cc(Oc2ncnc(Nc3cccc(C(F)(F)F)c3)c2[N+](=O)[O-])c1. The van der Waals surface area contributed by atoms with Gasteiger partial charge in [-0.15, -0.1) is 0 Å². The molecule has 0 aliphatic heterocycles. The van der Waals surface area contributed by atoms with Gasteiger partial charge in [-0.2, -0.15) is 18.2 Å². The van der Waals surface area contributed by atoms with E-state index in [9.17, 15) is 23.3 Å². The summed E-state index contributed by atoms with van der Waals surface area (Å²) in [6.07, 6.45) is -3.52. The number of benzene rings is 2. The Morgan fingerprint density at radius 1 is 1.07 bits per heavy atom. The van der Waals surface area contributed by atoms with E-state index in [0.717, 1.165) is 29.6 Å². The van der Waals surface area contributed by atoms with Gasteiger partial charge in [-0.1, -0.05) is 12.1 Å². The summed E-state index contributed by atoms with van der Waals surface area (Å²) in [7, 11) is 0. The van der Waals surface area contributed by atoms with Gasteiger partial charge in [-0.25, -0.2) is 4.98 Å². The van der Waals surface area contributed by atoms with Crippen LogP contribution in [0.25, 0.3) is 0 Å². The maximum absolute atomic E-state index is 12.9. The van der Waals surface area contributed by atoms with Gasteiger partial charge in [0.25, 0.3) is 0 Å². The third-order valence-electron chi connectivity index (χ3n) is 3.83. The van der Waals surface area contributed by atoms with Crippen LogP contribution < -0.4 is 10.1 Å². The molecular formula is C19H15F3N4O3. The molecule has 0 spiro atoms. The summed E-state index contributed by atoms with van der Waals surface area (Å²) < 4.78 is 44.3. The summed E-state index contributed by atoms with van der Waals surface area (Å²) in [5, 5.41) is 14.2. The van der Waals surface area contributed by atoms with Crippen LogP contribution in [0.15, 0.2) is 48.8 Å². The van der Waals surface area contributed by atoms with Crippen molar-refractivity contribution in [2.75, 3.05) is 5.32 Å². The molecule has 0 aliphatic carbocycles. The van der Waals surface area contributed by atoms with E-state index in [4.69, 9.17) is 4.74 Å². The maximum atomic E-state index is 12.9. The molecule has 1 heterocycles. The second-order valence-electron chi connectivity index (χ2n) is 6.26. The van der Waals surface area contributed by atoms with Crippen molar-refractivity contribution in [3.05, 3.63) is 75.6 Å². The standard InChI is InChI=1S/C19H15F3N4O3/c1-11-6-12(2)8-15(7-11)29-18-16(26(27)28)17(23-10-24-18)25-14-5-3-4-13(9-14)19(20,21)22/h3-10H,1-2H3,(H,23,24,25). The minimum Gasteiger partial charge on any atom is -0.434 e. The number of nitro groups is 1. The number of nitrogens with one attached hydrogen (secondary N) is 1. The lowest BCUT2D eigenvalue weighted by molar-refractivity contribution is -0.385. The summed E-state index contributed by atoms with van der Waals surface area (Å²) >= 11 is 0. The minimum atomic E-state index is -4.55. The normalized spacial score (nSPS) is 11.2. The Bertz CT molecular complexity index is 1050. The number of hydrogen-bond donors (Lipinski definition) is 1. The van der Waals surface area contributed by atoms with Crippen LogP contribution in [0.4, 0.5) is 30.4 Å². The van der Waals surface area contributed by atoms with Crippen molar-refractivity contribution in [2.45, 2.75) is 20.0 Å². The average molecular weight is 404 g/mol. The molecule has 2 aromatic carbocycles. The summed E-state index contributed by atoms with van der Waals surface area (Å²) in [5.74, 6) is -0.275. The highest BCUT2D eigenvalue weighted by Gasteiger charge is 2.31. The van der Waals surface area contributed by atoms with E-state index in [1.165, 1.54) is 12.1 Å². The van der Waals surface area contributed by atoms with Gasteiger partial charge in [0, 0.05) is 5.69 Å². The molecule has 150 valence electrons. The van der Waals surface area contributed by atoms with Crippen LogP contribution in [-0.2, 0) is 6.18 Å². The van der Waals surface area contributed by atoms with Crippen LogP contribution in [0.5, 0.6) is 11.6 Å². The first-order chi connectivity index (χ1) is 13.6. The lowest BCUT2D eigenvalue weighted by Gasteiger charge is -2.12. The van der Waals surface area contributed by atoms with Crippen molar-refractivity contribution >= 4 is 17.2 Å². The van der Waals surface area contributed by atoms with E-state index >= 15 is 0 Å². The van der Waals surface area contributed by atoms with E-state index in [0.29, 0.717) is 5.75 Å². The quantitative estimate of drug-likeness (QED) is 0.443. The minimum absolute atomic E-state index is 0.0148. The zero-order chi connectivity index (χ0) is 21.2. The Kier molecular flexibility index (Phi) is 5.35. The molecule has 0 radical (unpaired) electrons. The number of aryl methyl sites for hydroxylation is 2. The number of aromatic nitrogens is 2. The molecule has 0 bridgehead atoms. The number of hydrogen-bond acceptors (Lipinski definition) is 6. The third-order valence-corrected chi connectivity index (χ3v) is 3.83. The Labute approximate surface area is 163 Å². The summed E-state index contributed by atoms with van der Waals surface area (Å²) in [6.45, 7) is 3.68. The number of ether oxygens (including phenoxy) is 1. The molecule has 0 unspecified atom stereocenters. The molecule has 0 amide bonds. The highest BCUT2D eigenvalue weighted by Crippen LogP contribution is 2.37. The van der Waals surface area contributed by atoms with Crippen LogP contribution >= 0.6 is 0 Å². The van der Waals surface area contributed by atoms with E-state index in [1.54, 1.807) is 12.1 Å². The van der Waals surface area contributed by atoms with Crippen molar-refractivity contribution in [2.24, 2.45) is 0 Å². The van der Waals surface area contributed by atoms with Crippen LogP contribution in [0.3, 0.4) is 0 Å². The lowest BCUT2D eigenvalue weighted by Crippen LogP contribution is -2.06. The Morgan fingerprint density at radius 2 is 1.76 bits per heavy atom.